The Morgan fingerprint density at radius 1 is 1.29 bits per heavy atom. The van der Waals surface area contributed by atoms with Crippen LogP contribution < -0.4 is 4.74 Å². The lowest BCUT2D eigenvalue weighted by Gasteiger charge is -2.08. The Labute approximate surface area is 103 Å². The molecule has 0 amide bonds. The normalized spacial score (nSPS) is 11.4. The quantitative estimate of drug-likeness (QED) is 0.871. The molecule has 1 aromatic heterocycles. The van der Waals surface area contributed by atoms with Gasteiger partial charge in [-0.05, 0) is 29.6 Å². The van der Waals surface area contributed by atoms with Crippen LogP contribution in [0.4, 0.5) is 0 Å². The van der Waals surface area contributed by atoms with Gasteiger partial charge in [0.05, 0.1) is 12.0 Å². The Kier molecular flexibility index (Phi) is 3.19. The SMILES string of the molecule is COc1ccc(S(=O)(=O)O)cc1-c1cccs1. The summed E-state index contributed by atoms with van der Waals surface area (Å²) < 4.78 is 36.3. The van der Waals surface area contributed by atoms with Crippen molar-refractivity contribution in [3.63, 3.8) is 0 Å². The predicted molar refractivity (Wildman–Crippen MR) is 66.1 cm³/mol. The summed E-state index contributed by atoms with van der Waals surface area (Å²) in [6, 6.07) is 7.96. The molecule has 17 heavy (non-hydrogen) atoms. The number of thiophene rings is 1. The average Bonchev–Trinajstić information content (AvgIpc) is 2.80. The first-order valence-corrected chi connectivity index (χ1v) is 7.04. The van der Waals surface area contributed by atoms with Crippen LogP contribution in [-0.2, 0) is 10.1 Å². The fraction of sp³-hybridized carbons (Fsp3) is 0.0909. The zero-order chi connectivity index (χ0) is 12.5. The van der Waals surface area contributed by atoms with E-state index >= 15 is 0 Å². The Morgan fingerprint density at radius 3 is 2.59 bits per heavy atom. The van der Waals surface area contributed by atoms with E-state index in [1.54, 1.807) is 0 Å². The Balaban J connectivity index is 2.63. The Hall–Kier alpha value is -1.37. The number of methoxy groups -OCH3 is 1. The lowest BCUT2D eigenvalue weighted by Crippen LogP contribution is -1.98. The summed E-state index contributed by atoms with van der Waals surface area (Å²) >= 11 is 1.47. The second kappa shape index (κ2) is 4.48. The Bertz CT molecular complexity index is 615. The van der Waals surface area contributed by atoms with Crippen LogP contribution in [0.2, 0.25) is 0 Å². The van der Waals surface area contributed by atoms with Crippen molar-refractivity contribution in [3.05, 3.63) is 35.7 Å². The Morgan fingerprint density at radius 2 is 2.06 bits per heavy atom. The second-order valence-electron chi connectivity index (χ2n) is 3.31. The van der Waals surface area contributed by atoms with Gasteiger partial charge in [-0.15, -0.1) is 11.3 Å². The molecule has 0 spiro atoms. The summed E-state index contributed by atoms with van der Waals surface area (Å²) in [6.45, 7) is 0. The monoisotopic (exact) mass is 270 g/mol. The molecule has 0 aliphatic carbocycles. The van der Waals surface area contributed by atoms with Crippen molar-refractivity contribution in [3.8, 4) is 16.2 Å². The number of hydrogen-bond acceptors (Lipinski definition) is 4. The summed E-state index contributed by atoms with van der Waals surface area (Å²) in [7, 11) is -2.68. The van der Waals surface area contributed by atoms with Gasteiger partial charge in [-0.25, -0.2) is 0 Å². The van der Waals surface area contributed by atoms with Crippen molar-refractivity contribution in [1.82, 2.24) is 0 Å². The summed E-state index contributed by atoms with van der Waals surface area (Å²) in [5.74, 6) is 0.569. The average molecular weight is 270 g/mol. The number of benzene rings is 1. The van der Waals surface area contributed by atoms with E-state index in [1.165, 1.54) is 36.6 Å². The molecule has 90 valence electrons. The minimum atomic E-state index is -4.19. The molecule has 0 aliphatic rings. The molecule has 0 radical (unpaired) electrons. The lowest BCUT2D eigenvalue weighted by molar-refractivity contribution is 0.416. The maximum atomic E-state index is 11.1. The van der Waals surface area contributed by atoms with Gasteiger partial charge in [0, 0.05) is 10.4 Å². The summed E-state index contributed by atoms with van der Waals surface area (Å²) in [5, 5.41) is 1.88. The highest BCUT2D eigenvalue weighted by molar-refractivity contribution is 7.85. The van der Waals surface area contributed by atoms with Crippen LogP contribution >= 0.6 is 11.3 Å². The van der Waals surface area contributed by atoms with Crippen LogP contribution in [0.25, 0.3) is 10.4 Å². The largest absolute Gasteiger partial charge is 0.496 e. The van der Waals surface area contributed by atoms with Gasteiger partial charge >= 0.3 is 0 Å². The first-order chi connectivity index (χ1) is 8.02. The first kappa shape index (κ1) is 12.1. The number of ether oxygens (including phenoxy) is 1. The molecule has 0 fully saturated rings. The fourth-order valence-corrected chi connectivity index (χ4v) is 2.73. The van der Waals surface area contributed by atoms with Crippen LogP contribution in [0.1, 0.15) is 0 Å². The van der Waals surface area contributed by atoms with Crippen LogP contribution in [0.15, 0.2) is 40.6 Å². The molecular weight excluding hydrogens is 260 g/mol. The highest BCUT2D eigenvalue weighted by Crippen LogP contribution is 2.34. The topological polar surface area (TPSA) is 63.6 Å². The van der Waals surface area contributed by atoms with E-state index in [1.807, 2.05) is 17.5 Å². The van der Waals surface area contributed by atoms with Gasteiger partial charge in [0.1, 0.15) is 5.75 Å². The van der Waals surface area contributed by atoms with Crippen molar-refractivity contribution in [2.24, 2.45) is 0 Å². The van der Waals surface area contributed by atoms with Gasteiger partial charge < -0.3 is 4.74 Å². The molecule has 0 saturated heterocycles. The summed E-state index contributed by atoms with van der Waals surface area (Å²) in [4.78, 5) is 0.744. The molecule has 1 heterocycles. The molecule has 1 N–H and O–H groups in total. The van der Waals surface area contributed by atoms with Crippen LogP contribution in [0, 0.1) is 0 Å². The van der Waals surface area contributed by atoms with Gasteiger partial charge in [-0.2, -0.15) is 8.42 Å². The lowest BCUT2D eigenvalue weighted by atomic mass is 10.1. The minimum absolute atomic E-state index is 0.137. The number of hydrogen-bond donors (Lipinski definition) is 1. The van der Waals surface area contributed by atoms with Crippen molar-refractivity contribution in [1.29, 1.82) is 0 Å². The minimum Gasteiger partial charge on any atom is -0.496 e. The summed E-state index contributed by atoms with van der Waals surface area (Å²) in [5.41, 5.74) is 0.651. The third-order valence-electron chi connectivity index (χ3n) is 2.26. The molecule has 0 unspecified atom stereocenters. The van der Waals surface area contributed by atoms with E-state index in [0.29, 0.717) is 11.3 Å². The van der Waals surface area contributed by atoms with Gasteiger partial charge in [0.2, 0.25) is 0 Å². The van der Waals surface area contributed by atoms with Crippen LogP contribution in [-0.4, -0.2) is 20.1 Å². The molecular formula is C11H10O4S2. The number of rotatable bonds is 3. The van der Waals surface area contributed by atoms with E-state index in [9.17, 15) is 8.42 Å². The van der Waals surface area contributed by atoms with Crippen molar-refractivity contribution >= 4 is 21.5 Å². The van der Waals surface area contributed by atoms with Gasteiger partial charge in [0.15, 0.2) is 0 Å². The van der Waals surface area contributed by atoms with Crippen molar-refractivity contribution < 1.29 is 17.7 Å². The zero-order valence-electron chi connectivity index (χ0n) is 8.95. The molecule has 2 rings (SSSR count). The second-order valence-corrected chi connectivity index (χ2v) is 5.68. The van der Waals surface area contributed by atoms with E-state index in [-0.39, 0.29) is 4.90 Å². The van der Waals surface area contributed by atoms with E-state index in [0.717, 1.165) is 4.88 Å². The third-order valence-corrected chi connectivity index (χ3v) is 4.01. The molecule has 1 aromatic carbocycles. The van der Waals surface area contributed by atoms with E-state index in [4.69, 9.17) is 9.29 Å². The highest BCUT2D eigenvalue weighted by Gasteiger charge is 2.14. The maximum Gasteiger partial charge on any atom is 0.294 e. The van der Waals surface area contributed by atoms with Crippen molar-refractivity contribution in [2.45, 2.75) is 4.90 Å². The highest BCUT2D eigenvalue weighted by atomic mass is 32.2. The molecule has 0 atom stereocenters. The molecule has 4 nitrogen and oxygen atoms in total. The predicted octanol–water partition coefficient (Wildman–Crippen LogP) is 2.67. The molecule has 6 heteroatoms. The first-order valence-electron chi connectivity index (χ1n) is 4.72. The van der Waals surface area contributed by atoms with Crippen molar-refractivity contribution in [2.75, 3.05) is 7.11 Å². The molecule has 0 aliphatic heterocycles. The molecule has 0 saturated carbocycles. The molecule has 0 bridgehead atoms. The van der Waals surface area contributed by atoms with Crippen LogP contribution in [0.3, 0.4) is 0 Å². The smallest absolute Gasteiger partial charge is 0.294 e. The van der Waals surface area contributed by atoms with E-state index in [2.05, 4.69) is 0 Å². The maximum absolute atomic E-state index is 11.1. The molecule has 2 aromatic rings. The third kappa shape index (κ3) is 2.49. The van der Waals surface area contributed by atoms with Crippen LogP contribution in [0.5, 0.6) is 5.75 Å². The summed E-state index contributed by atoms with van der Waals surface area (Å²) in [6.07, 6.45) is 0. The zero-order valence-corrected chi connectivity index (χ0v) is 10.6. The standard InChI is InChI=1S/C11H10O4S2/c1-15-10-5-4-8(17(12,13)14)7-9(10)11-3-2-6-16-11/h2-7H,1H3,(H,12,13,14). The fourth-order valence-electron chi connectivity index (χ4n) is 1.47. The van der Waals surface area contributed by atoms with Gasteiger partial charge in [-0.3, -0.25) is 4.55 Å². The van der Waals surface area contributed by atoms with Gasteiger partial charge in [-0.1, -0.05) is 6.07 Å². The van der Waals surface area contributed by atoms with E-state index < -0.39 is 10.1 Å². The van der Waals surface area contributed by atoms with Gasteiger partial charge in [0.25, 0.3) is 10.1 Å².